The molecule has 16 heteroatoms. The number of benzene rings is 19. The van der Waals surface area contributed by atoms with E-state index in [2.05, 4.69) is 442 Å². The monoisotopic (exact) mass is 1870 g/mol. The summed E-state index contributed by atoms with van der Waals surface area (Å²) in [6, 6.07) is 151. The summed E-state index contributed by atoms with van der Waals surface area (Å²) < 4.78 is 15.0. The van der Waals surface area contributed by atoms with E-state index in [9.17, 15) is 0 Å². The number of fused-ring (bicyclic) bond motifs is 25. The number of nitrogens with zero attached hydrogens (tertiary/aromatic N) is 13. The molecule has 0 unspecified atom stereocenters. The lowest BCUT2D eigenvalue weighted by Gasteiger charge is -2.18. The Balaban J connectivity index is 0.000000104. The summed E-state index contributed by atoms with van der Waals surface area (Å²) in [5.41, 5.74) is 30.8. The van der Waals surface area contributed by atoms with Gasteiger partial charge in [0.05, 0.1) is 45.0 Å². The van der Waals surface area contributed by atoms with Gasteiger partial charge in [0.25, 0.3) is 0 Å². The van der Waals surface area contributed by atoms with E-state index in [-0.39, 0.29) is 5.92 Å². The van der Waals surface area contributed by atoms with Crippen molar-refractivity contribution in [3.05, 3.63) is 483 Å². The van der Waals surface area contributed by atoms with Crippen molar-refractivity contribution < 1.29 is 0 Å². The second-order valence-corrected chi connectivity index (χ2v) is 39.1. The fourth-order valence-electron chi connectivity index (χ4n) is 21.9. The third-order valence-corrected chi connectivity index (χ3v) is 31.8. The van der Waals surface area contributed by atoms with E-state index in [1.54, 1.807) is 31.6 Å². The molecule has 0 fully saturated rings. The lowest BCUT2D eigenvalue weighted by molar-refractivity contribution is 1.03. The standard InChI is InChI=1S/C45H28N4S.C41H25N5S.C40H24N4S/c1-4-11-29(12-5-1)33-23-34(30-13-6-2-7-14-30)25-35(24-33)49-40-21-19-32(45-47-27-46-28-48-45)26-39(40)42-41(49)22-20-38-37-18-10-17-36(43(37)50-44(38)42)31-15-8-3-9-16-31;1-3-9-25(10-4-1)40-43-24-44-41(45-40)27-15-18-35-32(22-27)38-36(46(35)28-11-5-2-6-12-28)19-17-30-31-21-26(16-20-37(31)47-39(30)38)33-23-42-34-14-8-7-13-29(33)34;1-2-10-25(11-3-1)44-33-19-18-24(40-42-22-41-23-43-40)20-31(33)38-34(44)21-32(37-30-16-8-9-17-35(30)45-39(37)38)36-28-14-6-4-12-26(28)27-13-5-7-15-29(27)36/h1-28H;1-22,24H,23H2;1-23,36H. The highest BCUT2D eigenvalue weighted by molar-refractivity contribution is 7.28. The van der Waals surface area contributed by atoms with Gasteiger partial charge in [0.2, 0.25) is 0 Å². The third-order valence-electron chi connectivity index (χ3n) is 28.2. The molecule has 10 heterocycles. The molecule has 30 rings (SSSR count). The van der Waals surface area contributed by atoms with Crippen LogP contribution in [0.2, 0.25) is 0 Å². The second-order valence-electron chi connectivity index (χ2n) is 36.0. The predicted molar refractivity (Wildman–Crippen MR) is 587 cm³/mol. The van der Waals surface area contributed by atoms with Gasteiger partial charge in [-0.2, -0.15) is 0 Å². The van der Waals surface area contributed by atoms with Gasteiger partial charge in [-0.1, -0.05) is 279 Å². The van der Waals surface area contributed by atoms with Gasteiger partial charge in [-0.05, 0) is 212 Å². The van der Waals surface area contributed by atoms with Crippen molar-refractivity contribution in [1.82, 2.24) is 58.6 Å². The van der Waals surface area contributed by atoms with Crippen LogP contribution in [0.4, 0.5) is 0 Å². The van der Waals surface area contributed by atoms with Crippen LogP contribution in [-0.4, -0.2) is 65.1 Å². The highest BCUT2D eigenvalue weighted by Crippen LogP contribution is 2.56. The van der Waals surface area contributed by atoms with E-state index in [0.29, 0.717) is 29.8 Å². The molecule has 1 aliphatic heterocycles. The van der Waals surface area contributed by atoms with Gasteiger partial charge in [-0.3, -0.25) is 4.99 Å². The molecule has 0 N–H and O–H groups in total. The first kappa shape index (κ1) is 82.2. The van der Waals surface area contributed by atoms with E-state index < -0.39 is 0 Å². The molecular weight excluding hydrogens is 1790 g/mol. The summed E-state index contributed by atoms with van der Waals surface area (Å²) in [6.07, 6.45) is 7.86. The first-order valence-electron chi connectivity index (χ1n) is 47.5. The largest absolute Gasteiger partial charge is 0.309 e. The second kappa shape index (κ2) is 34.0. The molecular formula is C126H77N13S3. The lowest BCUT2D eigenvalue weighted by atomic mass is 9.86. The van der Waals surface area contributed by atoms with Crippen molar-refractivity contribution in [3.63, 3.8) is 0 Å². The topological polar surface area (TPSA) is 143 Å². The van der Waals surface area contributed by atoms with Crippen LogP contribution >= 0.6 is 34.0 Å². The van der Waals surface area contributed by atoms with Crippen LogP contribution in [0.3, 0.4) is 0 Å². The zero-order valence-electron chi connectivity index (χ0n) is 76.0. The molecule has 0 radical (unpaired) electrons. The maximum atomic E-state index is 4.89. The molecule has 19 aromatic carbocycles. The Morgan fingerprint density at radius 1 is 0.225 bits per heavy atom. The van der Waals surface area contributed by atoms with Crippen LogP contribution in [0.5, 0.6) is 0 Å². The maximum absolute atomic E-state index is 4.89. The molecule has 0 atom stereocenters. The number of aromatic nitrogens is 12. The summed E-state index contributed by atoms with van der Waals surface area (Å²) in [5.74, 6) is 2.80. The molecule has 664 valence electrons. The third kappa shape index (κ3) is 13.7. The molecule has 0 saturated heterocycles. The predicted octanol–water partition coefficient (Wildman–Crippen LogP) is 30.7. The van der Waals surface area contributed by atoms with Crippen molar-refractivity contribution in [2.45, 2.75) is 5.92 Å². The molecule has 28 aromatic rings. The van der Waals surface area contributed by atoms with Crippen LogP contribution in [0, 0.1) is 0 Å². The minimum Gasteiger partial charge on any atom is -0.309 e. The van der Waals surface area contributed by atoms with Crippen molar-refractivity contribution in [1.29, 1.82) is 0 Å². The first-order valence-corrected chi connectivity index (χ1v) is 49.9. The van der Waals surface area contributed by atoms with Gasteiger partial charge in [-0.25, -0.2) is 44.9 Å². The molecule has 0 saturated carbocycles. The van der Waals surface area contributed by atoms with Crippen LogP contribution < -0.4 is 10.6 Å². The van der Waals surface area contributed by atoms with Crippen molar-refractivity contribution in [2.75, 3.05) is 6.54 Å². The quantitative estimate of drug-likeness (QED) is 0.117. The van der Waals surface area contributed by atoms with E-state index in [4.69, 9.17) is 9.98 Å². The summed E-state index contributed by atoms with van der Waals surface area (Å²) >= 11 is 5.65. The smallest absolute Gasteiger partial charge is 0.163 e. The van der Waals surface area contributed by atoms with Gasteiger partial charge in [0.1, 0.15) is 31.6 Å². The highest BCUT2D eigenvalue weighted by atomic mass is 32.1. The molecule has 13 nitrogen and oxygen atoms in total. The fraction of sp³-hybridized carbons (Fsp3) is 0.0159. The van der Waals surface area contributed by atoms with Gasteiger partial charge in [0, 0.05) is 143 Å². The Bertz CT molecular complexity index is 9990. The molecule has 0 bridgehead atoms. The molecule has 2 aliphatic rings. The normalized spacial score (nSPS) is 12.4. The van der Waals surface area contributed by atoms with Crippen LogP contribution in [-0.2, 0) is 0 Å². The SMILES string of the molecule is c1ccc(-c2cc(-c3ccccc3)cc(-n3c4ccc(-c5ncncn5)cc4c4c5sc6c(-c7ccccc7)cccc6c5ccc43)c2)cc1.c1ccc(-c2ncnc(-c3ccc4c(c3)c3c5sc6ccc(C7=c8ccccc8=NC7)cc6c5ccc3n4-c3ccccc3)n2)cc1.c1ccc(-n2c3ccc(-c4ncncn4)cc3c3c4sc5ccccc5c4c(C4c5ccccc5-c5ccccc54)cc32)cc1. The number of rotatable bonds is 12. The van der Waals surface area contributed by atoms with E-state index >= 15 is 0 Å². The average molecular weight is 1870 g/mol. The van der Waals surface area contributed by atoms with E-state index in [1.165, 1.54) is 181 Å². The van der Waals surface area contributed by atoms with Crippen LogP contribution in [0.25, 0.3) is 239 Å². The first-order chi connectivity index (χ1) is 70.4. The Labute approximate surface area is 825 Å². The molecule has 142 heavy (non-hydrogen) atoms. The summed E-state index contributed by atoms with van der Waals surface area (Å²) in [7, 11) is 0. The minimum absolute atomic E-state index is 0.130. The number of para-hydroxylation sites is 3. The van der Waals surface area contributed by atoms with Gasteiger partial charge >= 0.3 is 0 Å². The molecule has 9 aromatic heterocycles. The minimum atomic E-state index is 0.130. The molecule has 0 amide bonds. The van der Waals surface area contributed by atoms with E-state index in [1.807, 2.05) is 64.3 Å². The van der Waals surface area contributed by atoms with Gasteiger partial charge in [0.15, 0.2) is 23.3 Å². The number of hydrogen-bond acceptors (Lipinski definition) is 13. The van der Waals surface area contributed by atoms with Crippen LogP contribution in [0.15, 0.2) is 455 Å². The summed E-state index contributed by atoms with van der Waals surface area (Å²) in [4.78, 5) is 44.9. The Kier molecular flexibility index (Phi) is 19.7. The zero-order valence-corrected chi connectivity index (χ0v) is 78.5. The summed E-state index contributed by atoms with van der Waals surface area (Å²) in [5, 5.41) is 17.4. The fourth-order valence-corrected chi connectivity index (χ4v) is 25.8. The number of thiophene rings is 3. The number of hydrogen-bond donors (Lipinski definition) is 0. The lowest BCUT2D eigenvalue weighted by Crippen LogP contribution is -2.22. The van der Waals surface area contributed by atoms with Crippen LogP contribution in [0.1, 0.15) is 28.2 Å². The Morgan fingerprint density at radius 2 is 0.648 bits per heavy atom. The zero-order chi connectivity index (χ0) is 93.4. The highest BCUT2D eigenvalue weighted by Gasteiger charge is 2.34. The van der Waals surface area contributed by atoms with E-state index in [0.717, 1.165) is 66.7 Å². The van der Waals surface area contributed by atoms with Crippen molar-refractivity contribution in [2.24, 2.45) is 4.99 Å². The van der Waals surface area contributed by atoms with Gasteiger partial charge in [-0.15, -0.1) is 34.0 Å². The van der Waals surface area contributed by atoms with Gasteiger partial charge < -0.3 is 13.7 Å². The average Bonchev–Trinajstić information content (AvgIpc) is 1.50. The summed E-state index contributed by atoms with van der Waals surface area (Å²) in [6.45, 7) is 0.716. The Morgan fingerprint density at radius 3 is 1.25 bits per heavy atom. The molecule has 0 spiro atoms. The van der Waals surface area contributed by atoms with Crippen molar-refractivity contribution >= 4 is 166 Å². The Hall–Kier alpha value is -18.1. The molecule has 1 aliphatic carbocycles. The maximum Gasteiger partial charge on any atom is 0.163 e. The van der Waals surface area contributed by atoms with Crippen molar-refractivity contribution in [3.8, 4) is 107 Å².